The van der Waals surface area contributed by atoms with Gasteiger partial charge in [-0.05, 0) is 62.2 Å². The second kappa shape index (κ2) is 10.5. The van der Waals surface area contributed by atoms with Crippen LogP contribution in [0.1, 0.15) is 30.9 Å². The van der Waals surface area contributed by atoms with Gasteiger partial charge < -0.3 is 18.8 Å². The molecular formula is C25H26N2O5. The minimum atomic E-state index is -0.458. The minimum Gasteiger partial charge on any atom is -0.497 e. The molecule has 0 spiro atoms. The van der Waals surface area contributed by atoms with Crippen molar-refractivity contribution in [1.29, 1.82) is 5.26 Å². The maximum Gasteiger partial charge on any atom is 0.339 e. The van der Waals surface area contributed by atoms with E-state index < -0.39 is 5.63 Å². The van der Waals surface area contributed by atoms with E-state index >= 15 is 0 Å². The molecule has 0 bridgehead atoms. The molecule has 0 aliphatic rings. The number of aryl methyl sites for hydroxylation is 1. The van der Waals surface area contributed by atoms with Crippen molar-refractivity contribution >= 4 is 22.6 Å². The summed E-state index contributed by atoms with van der Waals surface area (Å²) in [5.74, 6) is 1.15. The number of benzene rings is 2. The highest BCUT2D eigenvalue weighted by atomic mass is 16.5. The number of anilines is 1. The van der Waals surface area contributed by atoms with Crippen molar-refractivity contribution in [3.05, 3.63) is 64.0 Å². The van der Waals surface area contributed by atoms with Crippen LogP contribution in [0, 0.1) is 18.3 Å². The Kier molecular flexibility index (Phi) is 7.50. The Morgan fingerprint density at radius 1 is 1.16 bits per heavy atom. The molecule has 7 heteroatoms. The molecule has 0 saturated carbocycles. The average molecular weight is 434 g/mol. The lowest BCUT2D eigenvalue weighted by molar-refractivity contribution is -0.118. The van der Waals surface area contributed by atoms with Crippen LogP contribution in [0.25, 0.3) is 11.0 Å². The van der Waals surface area contributed by atoms with E-state index in [0.717, 1.165) is 10.9 Å². The van der Waals surface area contributed by atoms with Gasteiger partial charge in [-0.25, -0.2) is 4.79 Å². The summed E-state index contributed by atoms with van der Waals surface area (Å²) in [6.45, 7) is 4.58. The number of rotatable bonds is 9. The van der Waals surface area contributed by atoms with Gasteiger partial charge in [0.05, 0.1) is 26.2 Å². The summed E-state index contributed by atoms with van der Waals surface area (Å²) in [5, 5.41) is 9.81. The van der Waals surface area contributed by atoms with Crippen LogP contribution in [0.3, 0.4) is 0 Å². The SMILES string of the molecule is CCOc1ccc(N(CCC#N)C(=O)CCc2c(C)c3ccc(OC)cc3oc2=O)cc1. The third kappa shape index (κ3) is 5.09. The molecule has 166 valence electrons. The molecule has 0 N–H and O–H groups in total. The average Bonchev–Trinajstić information content (AvgIpc) is 2.80. The summed E-state index contributed by atoms with van der Waals surface area (Å²) in [6, 6.07) is 14.6. The maximum absolute atomic E-state index is 13.0. The fraction of sp³-hybridized carbons (Fsp3) is 0.320. The first kappa shape index (κ1) is 22.9. The number of hydrogen-bond acceptors (Lipinski definition) is 6. The molecule has 2 aromatic carbocycles. The van der Waals surface area contributed by atoms with Crippen molar-refractivity contribution in [1.82, 2.24) is 0 Å². The van der Waals surface area contributed by atoms with E-state index in [2.05, 4.69) is 6.07 Å². The number of carbonyl (C=O) groups is 1. The standard InChI is InChI=1S/C25H26N2O5/c1-4-31-19-8-6-18(7-9-19)27(15-5-14-26)24(28)13-12-22-17(2)21-11-10-20(30-3)16-23(21)32-25(22)29/h6-11,16H,4-5,12-13,15H2,1-3H3. The minimum absolute atomic E-state index is 0.117. The quantitative estimate of drug-likeness (QED) is 0.464. The van der Waals surface area contributed by atoms with E-state index in [1.54, 1.807) is 48.4 Å². The van der Waals surface area contributed by atoms with E-state index in [-0.39, 0.29) is 31.7 Å². The molecule has 7 nitrogen and oxygen atoms in total. The fourth-order valence-corrected chi connectivity index (χ4v) is 3.61. The molecule has 0 aliphatic carbocycles. The van der Waals surface area contributed by atoms with Crippen molar-refractivity contribution < 1.29 is 18.7 Å². The third-order valence-corrected chi connectivity index (χ3v) is 5.29. The van der Waals surface area contributed by atoms with Crippen LogP contribution in [0.2, 0.25) is 0 Å². The molecule has 1 heterocycles. The monoisotopic (exact) mass is 434 g/mol. The summed E-state index contributed by atoms with van der Waals surface area (Å²) in [7, 11) is 1.55. The van der Waals surface area contributed by atoms with Crippen LogP contribution >= 0.6 is 0 Å². The first-order chi connectivity index (χ1) is 15.5. The van der Waals surface area contributed by atoms with E-state index in [1.807, 2.05) is 19.9 Å². The summed E-state index contributed by atoms with van der Waals surface area (Å²) < 4.78 is 16.1. The lowest BCUT2D eigenvalue weighted by atomic mass is 10.0. The zero-order valence-electron chi connectivity index (χ0n) is 18.5. The predicted molar refractivity (Wildman–Crippen MR) is 122 cm³/mol. The van der Waals surface area contributed by atoms with Crippen LogP contribution in [-0.4, -0.2) is 26.2 Å². The van der Waals surface area contributed by atoms with Gasteiger partial charge in [-0.3, -0.25) is 4.79 Å². The largest absolute Gasteiger partial charge is 0.497 e. The van der Waals surface area contributed by atoms with Crippen LogP contribution in [-0.2, 0) is 11.2 Å². The normalized spacial score (nSPS) is 10.6. The summed E-state index contributed by atoms with van der Waals surface area (Å²) in [5.41, 5.74) is 1.94. The highest BCUT2D eigenvalue weighted by Gasteiger charge is 2.19. The van der Waals surface area contributed by atoms with Gasteiger partial charge in [0.1, 0.15) is 17.1 Å². The lowest BCUT2D eigenvalue weighted by Gasteiger charge is -2.22. The second-order valence-corrected chi connectivity index (χ2v) is 7.24. The topological polar surface area (TPSA) is 92.8 Å². The smallest absolute Gasteiger partial charge is 0.339 e. The number of hydrogen-bond donors (Lipinski definition) is 0. The highest BCUT2D eigenvalue weighted by Crippen LogP contribution is 2.25. The Labute approximate surface area is 186 Å². The Morgan fingerprint density at radius 2 is 1.88 bits per heavy atom. The molecule has 3 aromatic rings. The first-order valence-corrected chi connectivity index (χ1v) is 10.5. The Morgan fingerprint density at radius 3 is 2.53 bits per heavy atom. The number of nitriles is 1. The number of fused-ring (bicyclic) bond motifs is 1. The number of methoxy groups -OCH3 is 1. The third-order valence-electron chi connectivity index (χ3n) is 5.29. The van der Waals surface area contributed by atoms with Crippen molar-refractivity contribution in [2.24, 2.45) is 0 Å². The fourth-order valence-electron chi connectivity index (χ4n) is 3.61. The molecule has 32 heavy (non-hydrogen) atoms. The Balaban J connectivity index is 1.81. The van der Waals surface area contributed by atoms with Crippen molar-refractivity contribution in [3.8, 4) is 17.6 Å². The van der Waals surface area contributed by atoms with E-state index in [1.165, 1.54) is 0 Å². The van der Waals surface area contributed by atoms with Crippen molar-refractivity contribution in [2.75, 3.05) is 25.2 Å². The molecule has 0 aliphatic heterocycles. The number of ether oxygens (including phenoxy) is 2. The predicted octanol–water partition coefficient (Wildman–Crippen LogP) is 4.39. The molecule has 0 atom stereocenters. The van der Waals surface area contributed by atoms with Gasteiger partial charge >= 0.3 is 5.63 Å². The van der Waals surface area contributed by atoms with Gasteiger partial charge in [0.2, 0.25) is 5.91 Å². The molecule has 0 radical (unpaired) electrons. The van der Waals surface area contributed by atoms with E-state index in [0.29, 0.717) is 34.9 Å². The molecular weight excluding hydrogens is 408 g/mol. The molecule has 0 fully saturated rings. The highest BCUT2D eigenvalue weighted by molar-refractivity contribution is 5.93. The second-order valence-electron chi connectivity index (χ2n) is 7.24. The van der Waals surface area contributed by atoms with E-state index in [4.69, 9.17) is 19.2 Å². The molecule has 3 rings (SSSR count). The zero-order chi connectivity index (χ0) is 23.1. The first-order valence-electron chi connectivity index (χ1n) is 10.5. The van der Waals surface area contributed by atoms with Gasteiger partial charge in [0.25, 0.3) is 0 Å². The van der Waals surface area contributed by atoms with Crippen LogP contribution < -0.4 is 20.0 Å². The molecule has 1 amide bonds. The molecule has 0 saturated heterocycles. The summed E-state index contributed by atoms with van der Waals surface area (Å²) >= 11 is 0. The number of carbonyl (C=O) groups excluding carboxylic acids is 1. The number of amides is 1. The van der Waals surface area contributed by atoms with Gasteiger partial charge in [-0.15, -0.1) is 0 Å². The van der Waals surface area contributed by atoms with E-state index in [9.17, 15) is 9.59 Å². The Hall–Kier alpha value is -3.79. The van der Waals surface area contributed by atoms with Crippen LogP contribution in [0.5, 0.6) is 11.5 Å². The Bertz CT molecular complexity index is 1190. The lowest BCUT2D eigenvalue weighted by Crippen LogP contribution is -2.32. The van der Waals surface area contributed by atoms with Crippen molar-refractivity contribution in [3.63, 3.8) is 0 Å². The number of nitrogens with zero attached hydrogens (tertiary/aromatic N) is 2. The van der Waals surface area contributed by atoms with Gasteiger partial charge in [-0.2, -0.15) is 5.26 Å². The maximum atomic E-state index is 13.0. The zero-order valence-corrected chi connectivity index (χ0v) is 18.5. The summed E-state index contributed by atoms with van der Waals surface area (Å²) in [6.07, 6.45) is 0.568. The summed E-state index contributed by atoms with van der Waals surface area (Å²) in [4.78, 5) is 27.2. The van der Waals surface area contributed by atoms with Crippen LogP contribution in [0.15, 0.2) is 51.7 Å². The molecule has 1 aromatic heterocycles. The van der Waals surface area contributed by atoms with Gasteiger partial charge in [0.15, 0.2) is 0 Å². The van der Waals surface area contributed by atoms with Crippen LogP contribution in [0.4, 0.5) is 5.69 Å². The molecule has 0 unspecified atom stereocenters. The van der Waals surface area contributed by atoms with Crippen molar-refractivity contribution in [2.45, 2.75) is 33.1 Å². The van der Waals surface area contributed by atoms with Gasteiger partial charge in [-0.1, -0.05) is 0 Å². The van der Waals surface area contributed by atoms with Gasteiger partial charge in [0, 0.05) is 35.7 Å².